The van der Waals surface area contributed by atoms with Crippen molar-refractivity contribution in [3.63, 3.8) is 0 Å². The third-order valence-electron chi connectivity index (χ3n) is 6.45. The molecular weight excluding hydrogens is 468 g/mol. The molecular formula is C30H40N2O5. The molecule has 2 aromatic carbocycles. The van der Waals surface area contributed by atoms with Gasteiger partial charge in [-0.1, -0.05) is 38.8 Å². The van der Waals surface area contributed by atoms with Crippen molar-refractivity contribution in [3.05, 3.63) is 64.7 Å². The first-order chi connectivity index (χ1) is 17.8. The van der Waals surface area contributed by atoms with Crippen molar-refractivity contribution in [1.29, 1.82) is 0 Å². The fraction of sp³-hybridized carbons (Fsp3) is 0.467. The van der Waals surface area contributed by atoms with Gasteiger partial charge in [-0.2, -0.15) is 0 Å². The quantitative estimate of drug-likeness (QED) is 0.170. The van der Waals surface area contributed by atoms with Gasteiger partial charge in [-0.3, -0.25) is 9.59 Å². The van der Waals surface area contributed by atoms with E-state index < -0.39 is 17.7 Å². The smallest absolute Gasteiger partial charge is 0.295 e. The Balaban J connectivity index is 1.99. The van der Waals surface area contributed by atoms with E-state index in [9.17, 15) is 14.7 Å². The van der Waals surface area contributed by atoms with Crippen molar-refractivity contribution in [2.24, 2.45) is 0 Å². The van der Waals surface area contributed by atoms with E-state index in [1.54, 1.807) is 23.1 Å². The zero-order valence-corrected chi connectivity index (χ0v) is 22.8. The molecule has 0 bridgehead atoms. The van der Waals surface area contributed by atoms with Crippen LogP contribution in [0.3, 0.4) is 0 Å². The van der Waals surface area contributed by atoms with Crippen molar-refractivity contribution >= 4 is 17.4 Å². The maximum absolute atomic E-state index is 13.2. The van der Waals surface area contributed by atoms with Crippen LogP contribution in [-0.4, -0.2) is 67.0 Å². The van der Waals surface area contributed by atoms with Gasteiger partial charge in [-0.15, -0.1) is 0 Å². The molecule has 1 fully saturated rings. The highest BCUT2D eigenvalue weighted by Crippen LogP contribution is 2.40. The zero-order chi connectivity index (χ0) is 26.9. The van der Waals surface area contributed by atoms with E-state index in [1.807, 2.05) is 57.1 Å². The first-order valence-corrected chi connectivity index (χ1v) is 13.2. The van der Waals surface area contributed by atoms with Gasteiger partial charge in [0.25, 0.3) is 11.7 Å². The standard InChI is InChI=1S/C30H40N2O5/c1-6-8-9-19-36-24-13-10-22(11-14-24)27-26(29(34)30(35)32(27)17-16-31(4)5)28(33)23-12-15-25(21(3)20-23)37-18-7-2/h10-15,20,27,33H,6-9,16-19H2,1-5H3/b28-26+. The van der Waals surface area contributed by atoms with E-state index >= 15 is 0 Å². The van der Waals surface area contributed by atoms with Crippen LogP contribution in [0.4, 0.5) is 0 Å². The molecule has 1 saturated heterocycles. The number of likely N-dealkylation sites (tertiary alicyclic amines) is 1. The SMILES string of the molecule is CCCCCOc1ccc(C2/C(=C(\O)c3ccc(OCCC)c(C)c3)C(=O)C(=O)N2CCN(C)C)cc1. The van der Waals surface area contributed by atoms with Crippen LogP contribution in [0.1, 0.15) is 62.3 Å². The molecule has 1 N–H and O–H groups in total. The van der Waals surface area contributed by atoms with Crippen molar-refractivity contribution in [3.8, 4) is 11.5 Å². The maximum Gasteiger partial charge on any atom is 0.295 e. The molecule has 0 aliphatic carbocycles. The highest BCUT2D eigenvalue weighted by molar-refractivity contribution is 6.46. The fourth-order valence-corrected chi connectivity index (χ4v) is 4.38. The molecule has 7 nitrogen and oxygen atoms in total. The largest absolute Gasteiger partial charge is 0.507 e. The van der Waals surface area contributed by atoms with Crippen LogP contribution in [0.5, 0.6) is 11.5 Å². The molecule has 0 radical (unpaired) electrons. The molecule has 7 heteroatoms. The summed E-state index contributed by atoms with van der Waals surface area (Å²) in [6, 6.07) is 12.1. The molecule has 1 aliphatic heterocycles. The molecule has 1 atom stereocenters. The summed E-state index contributed by atoms with van der Waals surface area (Å²) in [5.41, 5.74) is 2.18. The molecule has 0 saturated carbocycles. The predicted octanol–water partition coefficient (Wildman–Crippen LogP) is 5.34. The topological polar surface area (TPSA) is 79.3 Å². The van der Waals surface area contributed by atoms with E-state index in [-0.39, 0.29) is 11.3 Å². The summed E-state index contributed by atoms with van der Waals surface area (Å²) in [5, 5.41) is 11.4. The van der Waals surface area contributed by atoms with Crippen LogP contribution in [0.25, 0.3) is 5.76 Å². The molecule has 37 heavy (non-hydrogen) atoms. The highest BCUT2D eigenvalue weighted by Gasteiger charge is 2.45. The van der Waals surface area contributed by atoms with Gasteiger partial charge in [0.2, 0.25) is 0 Å². The van der Waals surface area contributed by atoms with Gasteiger partial charge in [0.15, 0.2) is 0 Å². The average molecular weight is 509 g/mol. The minimum absolute atomic E-state index is 0.0991. The minimum Gasteiger partial charge on any atom is -0.507 e. The third kappa shape index (κ3) is 6.92. The van der Waals surface area contributed by atoms with Crippen LogP contribution in [0, 0.1) is 6.92 Å². The van der Waals surface area contributed by atoms with Crippen molar-refractivity contribution in [2.75, 3.05) is 40.4 Å². The number of hydrogen-bond donors (Lipinski definition) is 1. The second kappa shape index (κ2) is 13.3. The number of aryl methyl sites for hydroxylation is 1. The highest BCUT2D eigenvalue weighted by atomic mass is 16.5. The molecule has 3 rings (SSSR count). The lowest BCUT2D eigenvalue weighted by Gasteiger charge is -2.26. The Bertz CT molecular complexity index is 1110. The summed E-state index contributed by atoms with van der Waals surface area (Å²) in [6.07, 6.45) is 4.12. The molecule has 1 amide bonds. The number of rotatable bonds is 13. The Hall–Kier alpha value is -3.32. The Labute approximate surface area is 220 Å². The third-order valence-corrected chi connectivity index (χ3v) is 6.45. The van der Waals surface area contributed by atoms with Gasteiger partial charge in [0, 0.05) is 18.7 Å². The molecule has 200 valence electrons. The predicted molar refractivity (Wildman–Crippen MR) is 146 cm³/mol. The van der Waals surface area contributed by atoms with Crippen molar-refractivity contribution in [2.45, 2.75) is 52.5 Å². The number of carbonyl (C=O) groups is 2. The lowest BCUT2D eigenvalue weighted by molar-refractivity contribution is -0.140. The van der Waals surface area contributed by atoms with E-state index in [1.165, 1.54) is 0 Å². The van der Waals surface area contributed by atoms with Gasteiger partial charge >= 0.3 is 0 Å². The van der Waals surface area contributed by atoms with E-state index in [0.717, 1.165) is 48.3 Å². The maximum atomic E-state index is 13.2. The number of Topliss-reactive ketones (excluding diaryl/α,β-unsaturated/α-hetero) is 1. The number of ketones is 1. The van der Waals surface area contributed by atoms with Crippen LogP contribution in [0.15, 0.2) is 48.0 Å². The summed E-state index contributed by atoms with van der Waals surface area (Å²) in [7, 11) is 3.84. The summed E-state index contributed by atoms with van der Waals surface area (Å²) in [4.78, 5) is 29.9. The first kappa shape index (κ1) is 28.3. The number of aliphatic hydroxyl groups excluding tert-OH is 1. The number of unbranched alkanes of at least 4 members (excludes halogenated alkanes) is 2. The molecule has 1 unspecified atom stereocenters. The Morgan fingerprint density at radius 1 is 0.973 bits per heavy atom. The minimum atomic E-state index is -0.689. The Morgan fingerprint density at radius 3 is 2.32 bits per heavy atom. The molecule has 1 aliphatic rings. The van der Waals surface area contributed by atoms with Gasteiger partial charge in [-0.05, 0) is 75.3 Å². The second-order valence-corrected chi connectivity index (χ2v) is 9.75. The Morgan fingerprint density at radius 2 is 1.70 bits per heavy atom. The number of amides is 1. The Kier molecular flexibility index (Phi) is 10.1. The number of aliphatic hydroxyl groups is 1. The molecule has 2 aromatic rings. The number of ether oxygens (including phenoxy) is 2. The lowest BCUT2D eigenvalue weighted by Crippen LogP contribution is -2.35. The van der Waals surface area contributed by atoms with E-state index in [0.29, 0.717) is 31.9 Å². The van der Waals surface area contributed by atoms with Gasteiger partial charge < -0.3 is 24.4 Å². The monoisotopic (exact) mass is 508 g/mol. The van der Waals surface area contributed by atoms with Gasteiger partial charge in [-0.25, -0.2) is 0 Å². The van der Waals surface area contributed by atoms with Crippen LogP contribution in [0.2, 0.25) is 0 Å². The summed E-state index contributed by atoms with van der Waals surface area (Å²) >= 11 is 0. The van der Waals surface area contributed by atoms with Crippen LogP contribution < -0.4 is 9.47 Å². The van der Waals surface area contributed by atoms with Crippen molar-refractivity contribution in [1.82, 2.24) is 9.80 Å². The fourth-order valence-electron chi connectivity index (χ4n) is 4.38. The molecule has 0 spiro atoms. The van der Waals surface area contributed by atoms with Gasteiger partial charge in [0.05, 0.1) is 24.8 Å². The summed E-state index contributed by atoms with van der Waals surface area (Å²) < 4.78 is 11.6. The number of nitrogens with zero attached hydrogens (tertiary/aromatic N) is 2. The lowest BCUT2D eigenvalue weighted by atomic mass is 9.94. The summed E-state index contributed by atoms with van der Waals surface area (Å²) in [6.45, 7) is 8.27. The summed E-state index contributed by atoms with van der Waals surface area (Å²) in [5.74, 6) is 0.0121. The van der Waals surface area contributed by atoms with E-state index in [4.69, 9.17) is 9.47 Å². The number of hydrogen-bond acceptors (Lipinski definition) is 6. The number of likely N-dealkylation sites (N-methyl/N-ethyl adjacent to an activating group) is 1. The normalized spacial score (nSPS) is 17.0. The van der Waals surface area contributed by atoms with Crippen LogP contribution in [-0.2, 0) is 9.59 Å². The number of carbonyl (C=O) groups excluding carboxylic acids is 2. The average Bonchev–Trinajstić information content (AvgIpc) is 3.14. The zero-order valence-electron chi connectivity index (χ0n) is 22.8. The molecule has 0 aromatic heterocycles. The molecule has 1 heterocycles. The van der Waals surface area contributed by atoms with Crippen molar-refractivity contribution < 1.29 is 24.2 Å². The van der Waals surface area contributed by atoms with E-state index in [2.05, 4.69) is 6.92 Å². The van der Waals surface area contributed by atoms with Crippen LogP contribution >= 0.6 is 0 Å². The van der Waals surface area contributed by atoms with Gasteiger partial charge in [0.1, 0.15) is 17.3 Å². The second-order valence-electron chi connectivity index (χ2n) is 9.75. The number of benzene rings is 2. The first-order valence-electron chi connectivity index (χ1n) is 13.2.